The van der Waals surface area contributed by atoms with Crippen molar-refractivity contribution >= 4 is 0 Å². The summed E-state index contributed by atoms with van der Waals surface area (Å²) >= 11 is 0. The molecule has 0 aliphatic heterocycles. The van der Waals surface area contributed by atoms with Gasteiger partial charge in [0.15, 0.2) is 0 Å². The van der Waals surface area contributed by atoms with Gasteiger partial charge in [-0.1, -0.05) is 13.8 Å². The number of hydrogen-bond donors (Lipinski definition) is 2. The van der Waals surface area contributed by atoms with Crippen LogP contribution in [0.3, 0.4) is 0 Å². The van der Waals surface area contributed by atoms with Gasteiger partial charge in [0.1, 0.15) is 0 Å². The normalized spacial score (nSPS) is 13.7. The molecule has 1 unspecified atom stereocenters. The molecule has 1 aromatic heterocycles. The Kier molecular flexibility index (Phi) is 2.70. The SMILES string of the molecule is CC(C)C(CN)n1cc[nH]c1=O. The average Bonchev–Trinajstić information content (AvgIpc) is 2.38. The van der Waals surface area contributed by atoms with Crippen LogP contribution in [0.5, 0.6) is 0 Å². The molecule has 4 nitrogen and oxygen atoms in total. The standard InChI is InChI=1S/C8H15N3O/c1-6(2)7(5-9)11-4-3-10-8(11)12/h3-4,6-7H,5,9H2,1-2H3,(H,10,12). The molecule has 0 radical (unpaired) electrons. The Bertz CT molecular complexity index is 286. The molecule has 0 saturated carbocycles. The summed E-state index contributed by atoms with van der Waals surface area (Å²) in [5.41, 5.74) is 5.48. The Labute approximate surface area is 71.4 Å². The van der Waals surface area contributed by atoms with Crippen molar-refractivity contribution < 1.29 is 0 Å². The van der Waals surface area contributed by atoms with E-state index in [0.717, 1.165) is 0 Å². The minimum atomic E-state index is -0.0841. The molecule has 0 fully saturated rings. The van der Waals surface area contributed by atoms with Crippen molar-refractivity contribution in [2.75, 3.05) is 6.54 Å². The lowest BCUT2D eigenvalue weighted by atomic mass is 10.1. The third-order valence-corrected chi connectivity index (χ3v) is 2.04. The Morgan fingerprint density at radius 3 is 2.67 bits per heavy atom. The number of imidazole rings is 1. The molecule has 0 saturated heterocycles. The number of hydrogen-bond acceptors (Lipinski definition) is 2. The van der Waals surface area contributed by atoms with Crippen LogP contribution >= 0.6 is 0 Å². The highest BCUT2D eigenvalue weighted by atomic mass is 16.1. The van der Waals surface area contributed by atoms with Gasteiger partial charge >= 0.3 is 5.69 Å². The second-order valence-electron chi connectivity index (χ2n) is 3.22. The molecule has 12 heavy (non-hydrogen) atoms. The third kappa shape index (κ3) is 1.58. The van der Waals surface area contributed by atoms with Crippen LogP contribution < -0.4 is 11.4 Å². The number of aromatic nitrogens is 2. The molecule has 0 amide bonds. The highest BCUT2D eigenvalue weighted by molar-refractivity contribution is 4.83. The van der Waals surface area contributed by atoms with Gasteiger partial charge in [-0.25, -0.2) is 4.79 Å². The van der Waals surface area contributed by atoms with E-state index in [9.17, 15) is 4.79 Å². The van der Waals surface area contributed by atoms with Gasteiger partial charge in [-0.3, -0.25) is 4.57 Å². The second-order valence-corrected chi connectivity index (χ2v) is 3.22. The van der Waals surface area contributed by atoms with Crippen molar-refractivity contribution in [2.45, 2.75) is 19.9 Å². The lowest BCUT2D eigenvalue weighted by molar-refractivity contribution is 0.377. The molecule has 1 heterocycles. The number of aromatic amines is 1. The molecular formula is C8H15N3O. The maximum Gasteiger partial charge on any atom is 0.325 e. The average molecular weight is 169 g/mol. The van der Waals surface area contributed by atoms with Crippen LogP contribution in [0.25, 0.3) is 0 Å². The second kappa shape index (κ2) is 3.58. The summed E-state index contributed by atoms with van der Waals surface area (Å²) in [6.45, 7) is 4.60. The fourth-order valence-corrected chi connectivity index (χ4v) is 1.30. The van der Waals surface area contributed by atoms with Gasteiger partial charge < -0.3 is 10.7 Å². The summed E-state index contributed by atoms with van der Waals surface area (Å²) < 4.78 is 1.64. The van der Waals surface area contributed by atoms with Crippen molar-refractivity contribution in [1.29, 1.82) is 0 Å². The van der Waals surface area contributed by atoms with Crippen LogP contribution in [0.15, 0.2) is 17.2 Å². The monoisotopic (exact) mass is 169 g/mol. The molecule has 0 spiro atoms. The van der Waals surface area contributed by atoms with Crippen molar-refractivity contribution in [1.82, 2.24) is 9.55 Å². The summed E-state index contributed by atoms with van der Waals surface area (Å²) in [4.78, 5) is 13.8. The van der Waals surface area contributed by atoms with Gasteiger partial charge in [0.2, 0.25) is 0 Å². The van der Waals surface area contributed by atoms with Crippen LogP contribution in [0, 0.1) is 5.92 Å². The highest BCUT2D eigenvalue weighted by Gasteiger charge is 2.14. The predicted molar refractivity (Wildman–Crippen MR) is 48.0 cm³/mol. The van der Waals surface area contributed by atoms with E-state index in [0.29, 0.717) is 12.5 Å². The van der Waals surface area contributed by atoms with E-state index in [-0.39, 0.29) is 11.7 Å². The van der Waals surface area contributed by atoms with E-state index < -0.39 is 0 Å². The third-order valence-electron chi connectivity index (χ3n) is 2.04. The van der Waals surface area contributed by atoms with Crippen molar-refractivity contribution in [3.8, 4) is 0 Å². The summed E-state index contributed by atoms with van der Waals surface area (Å²) in [6, 6.07) is 0.101. The first-order valence-corrected chi connectivity index (χ1v) is 4.12. The summed E-state index contributed by atoms with van der Waals surface area (Å²) in [5.74, 6) is 0.378. The largest absolute Gasteiger partial charge is 0.328 e. The first kappa shape index (κ1) is 9.06. The lowest BCUT2D eigenvalue weighted by Crippen LogP contribution is -2.30. The van der Waals surface area contributed by atoms with Gasteiger partial charge in [0, 0.05) is 18.9 Å². The van der Waals surface area contributed by atoms with Crippen molar-refractivity contribution in [3.05, 3.63) is 22.9 Å². The molecule has 0 aliphatic carbocycles. The van der Waals surface area contributed by atoms with E-state index in [1.54, 1.807) is 17.0 Å². The zero-order valence-electron chi connectivity index (χ0n) is 7.45. The summed E-state index contributed by atoms with van der Waals surface area (Å²) in [7, 11) is 0. The minimum Gasteiger partial charge on any atom is -0.328 e. The zero-order chi connectivity index (χ0) is 9.14. The van der Waals surface area contributed by atoms with E-state index in [1.807, 2.05) is 0 Å². The topological polar surface area (TPSA) is 63.8 Å². The molecule has 3 N–H and O–H groups in total. The Morgan fingerprint density at radius 1 is 1.67 bits per heavy atom. The van der Waals surface area contributed by atoms with Gasteiger partial charge in [-0.15, -0.1) is 0 Å². The van der Waals surface area contributed by atoms with Crippen molar-refractivity contribution in [2.24, 2.45) is 11.7 Å². The zero-order valence-corrected chi connectivity index (χ0v) is 7.45. The van der Waals surface area contributed by atoms with Crippen LogP contribution in [-0.2, 0) is 0 Å². The van der Waals surface area contributed by atoms with E-state index >= 15 is 0 Å². The fraction of sp³-hybridized carbons (Fsp3) is 0.625. The number of nitrogens with two attached hydrogens (primary N) is 1. The Balaban J connectivity index is 2.95. The molecular weight excluding hydrogens is 154 g/mol. The number of H-pyrrole nitrogens is 1. The van der Waals surface area contributed by atoms with Gasteiger partial charge in [0.25, 0.3) is 0 Å². The number of nitrogens with one attached hydrogen (secondary N) is 1. The van der Waals surface area contributed by atoms with Crippen LogP contribution in [0.1, 0.15) is 19.9 Å². The summed E-state index contributed by atoms with van der Waals surface area (Å²) in [5, 5.41) is 0. The quantitative estimate of drug-likeness (QED) is 0.685. The van der Waals surface area contributed by atoms with Crippen LogP contribution in [0.4, 0.5) is 0 Å². The molecule has 4 heteroatoms. The first-order valence-electron chi connectivity index (χ1n) is 4.12. The van der Waals surface area contributed by atoms with Gasteiger partial charge in [0.05, 0.1) is 6.04 Å². The number of rotatable bonds is 3. The predicted octanol–water partition coefficient (Wildman–Crippen LogP) is 0.332. The minimum absolute atomic E-state index is 0.0841. The Hall–Kier alpha value is -1.03. The smallest absolute Gasteiger partial charge is 0.325 e. The molecule has 1 aromatic rings. The summed E-state index contributed by atoms with van der Waals surface area (Å²) in [6.07, 6.45) is 3.37. The van der Waals surface area contributed by atoms with E-state index in [4.69, 9.17) is 5.73 Å². The molecule has 68 valence electrons. The maximum absolute atomic E-state index is 11.2. The fourth-order valence-electron chi connectivity index (χ4n) is 1.30. The van der Waals surface area contributed by atoms with Gasteiger partial charge in [-0.2, -0.15) is 0 Å². The molecule has 0 bridgehead atoms. The van der Waals surface area contributed by atoms with E-state index in [1.165, 1.54) is 0 Å². The first-order chi connectivity index (χ1) is 5.66. The van der Waals surface area contributed by atoms with E-state index in [2.05, 4.69) is 18.8 Å². The lowest BCUT2D eigenvalue weighted by Gasteiger charge is -2.18. The maximum atomic E-state index is 11.2. The van der Waals surface area contributed by atoms with Crippen molar-refractivity contribution in [3.63, 3.8) is 0 Å². The van der Waals surface area contributed by atoms with Gasteiger partial charge in [-0.05, 0) is 5.92 Å². The molecule has 1 rings (SSSR count). The molecule has 0 aliphatic rings. The van der Waals surface area contributed by atoms with Crippen LogP contribution in [0.2, 0.25) is 0 Å². The molecule has 1 atom stereocenters. The van der Waals surface area contributed by atoms with Crippen LogP contribution in [-0.4, -0.2) is 16.1 Å². The molecule has 0 aromatic carbocycles. The highest BCUT2D eigenvalue weighted by Crippen LogP contribution is 2.12. The Morgan fingerprint density at radius 2 is 2.33 bits per heavy atom. The number of nitrogens with zero attached hydrogens (tertiary/aromatic N) is 1.